The first-order chi connectivity index (χ1) is 8.95. The second-order valence-corrected chi connectivity index (χ2v) is 6.92. The Kier molecular flexibility index (Phi) is 4.29. The molecule has 1 unspecified atom stereocenters. The number of furan rings is 1. The van der Waals surface area contributed by atoms with Crippen molar-refractivity contribution < 1.29 is 12.8 Å². The molecular weight excluding hydrogens is 266 g/mol. The zero-order valence-electron chi connectivity index (χ0n) is 11.4. The minimum Gasteiger partial charge on any atom is -0.447 e. The molecule has 0 radical (unpaired) electrons. The largest absolute Gasteiger partial charge is 0.447 e. The van der Waals surface area contributed by atoms with Crippen LogP contribution in [-0.4, -0.2) is 50.8 Å². The van der Waals surface area contributed by atoms with Gasteiger partial charge in [0.2, 0.25) is 5.09 Å². The topological polar surface area (TPSA) is 79.8 Å². The van der Waals surface area contributed by atoms with Gasteiger partial charge < -0.3 is 15.1 Å². The van der Waals surface area contributed by atoms with Crippen molar-refractivity contribution in [2.24, 2.45) is 5.73 Å². The molecule has 2 N–H and O–H groups in total. The molecule has 2 rings (SSSR count). The van der Waals surface area contributed by atoms with Crippen LogP contribution in [0.1, 0.15) is 18.6 Å². The minimum absolute atomic E-state index is 0.00129. The molecule has 19 heavy (non-hydrogen) atoms. The van der Waals surface area contributed by atoms with E-state index in [1.165, 1.54) is 6.07 Å². The van der Waals surface area contributed by atoms with Crippen LogP contribution >= 0.6 is 0 Å². The van der Waals surface area contributed by atoms with Gasteiger partial charge in [-0.05, 0) is 39.1 Å². The van der Waals surface area contributed by atoms with Crippen molar-refractivity contribution in [1.29, 1.82) is 0 Å². The lowest BCUT2D eigenvalue weighted by Gasteiger charge is -2.25. The molecule has 1 aliphatic heterocycles. The molecule has 2 heterocycles. The molecule has 0 aliphatic carbocycles. The molecule has 1 aromatic heterocycles. The van der Waals surface area contributed by atoms with E-state index in [0.717, 1.165) is 19.4 Å². The number of nitrogens with two attached hydrogens (primary N) is 1. The monoisotopic (exact) mass is 287 g/mol. The molecule has 0 amide bonds. The van der Waals surface area contributed by atoms with E-state index in [2.05, 4.69) is 0 Å². The Balaban J connectivity index is 2.23. The summed E-state index contributed by atoms with van der Waals surface area (Å²) in [6.07, 6.45) is 1.78. The fraction of sp³-hybridized carbons (Fsp3) is 0.667. The third-order valence-electron chi connectivity index (χ3n) is 3.30. The lowest BCUT2D eigenvalue weighted by molar-refractivity contribution is 0.285. The maximum atomic E-state index is 12.5. The highest BCUT2D eigenvalue weighted by Gasteiger charge is 2.37. The van der Waals surface area contributed by atoms with E-state index in [0.29, 0.717) is 12.3 Å². The fourth-order valence-electron chi connectivity index (χ4n) is 2.45. The molecular formula is C12H21N3O3S. The molecule has 0 aromatic carbocycles. The van der Waals surface area contributed by atoms with Gasteiger partial charge in [0.1, 0.15) is 5.76 Å². The first-order valence-corrected chi connectivity index (χ1v) is 7.84. The van der Waals surface area contributed by atoms with E-state index >= 15 is 0 Å². The Hall–Kier alpha value is -0.890. The molecule has 1 atom stereocenters. The Labute approximate surface area is 114 Å². The van der Waals surface area contributed by atoms with Crippen molar-refractivity contribution in [3.05, 3.63) is 17.9 Å². The number of sulfonamides is 1. The third-order valence-corrected chi connectivity index (χ3v) is 5.13. The van der Waals surface area contributed by atoms with Crippen LogP contribution in [0, 0.1) is 0 Å². The van der Waals surface area contributed by atoms with Crippen LogP contribution in [0.4, 0.5) is 0 Å². The van der Waals surface area contributed by atoms with E-state index in [1.54, 1.807) is 10.4 Å². The summed E-state index contributed by atoms with van der Waals surface area (Å²) in [4.78, 5) is 2.01. The van der Waals surface area contributed by atoms with Crippen LogP contribution in [-0.2, 0) is 16.6 Å². The number of rotatable bonds is 5. The Morgan fingerprint density at radius 2 is 2.21 bits per heavy atom. The maximum absolute atomic E-state index is 12.5. The van der Waals surface area contributed by atoms with Crippen molar-refractivity contribution in [2.45, 2.75) is 30.5 Å². The van der Waals surface area contributed by atoms with E-state index in [1.807, 2.05) is 19.0 Å². The van der Waals surface area contributed by atoms with Gasteiger partial charge in [-0.3, -0.25) is 0 Å². The summed E-state index contributed by atoms with van der Waals surface area (Å²) in [6, 6.07) is 3.12. The van der Waals surface area contributed by atoms with Crippen molar-refractivity contribution in [3.8, 4) is 0 Å². The normalized spacial score (nSPS) is 21.4. The van der Waals surface area contributed by atoms with Gasteiger partial charge in [0.15, 0.2) is 0 Å². The van der Waals surface area contributed by atoms with Gasteiger partial charge in [0, 0.05) is 19.1 Å². The lowest BCUT2D eigenvalue weighted by Crippen LogP contribution is -2.41. The molecule has 0 spiro atoms. The molecule has 1 aliphatic rings. The summed E-state index contributed by atoms with van der Waals surface area (Å²) >= 11 is 0. The highest BCUT2D eigenvalue weighted by molar-refractivity contribution is 7.89. The quantitative estimate of drug-likeness (QED) is 0.850. The standard InChI is InChI=1S/C12H21N3O3S/c1-14(2)9-10-4-3-7-15(10)19(16,17)12-6-5-11(8-13)18-12/h5-6,10H,3-4,7-9,13H2,1-2H3. The zero-order valence-corrected chi connectivity index (χ0v) is 12.2. The second kappa shape index (κ2) is 5.62. The van der Waals surface area contributed by atoms with Crippen LogP contribution in [0.5, 0.6) is 0 Å². The SMILES string of the molecule is CN(C)CC1CCCN1S(=O)(=O)c1ccc(CN)o1. The summed E-state index contributed by atoms with van der Waals surface area (Å²) in [6.45, 7) is 1.49. The zero-order chi connectivity index (χ0) is 14.0. The van der Waals surface area contributed by atoms with Crippen molar-refractivity contribution >= 4 is 10.0 Å². The fourth-order valence-corrected chi connectivity index (χ4v) is 4.07. The lowest BCUT2D eigenvalue weighted by atomic mass is 10.2. The molecule has 1 fully saturated rings. The summed E-state index contributed by atoms with van der Waals surface area (Å²) in [7, 11) is 0.356. The molecule has 0 bridgehead atoms. The molecule has 0 saturated carbocycles. The smallest absolute Gasteiger partial charge is 0.276 e. The predicted molar refractivity (Wildman–Crippen MR) is 72.1 cm³/mol. The number of hydrogen-bond acceptors (Lipinski definition) is 5. The van der Waals surface area contributed by atoms with Crippen LogP contribution in [0.25, 0.3) is 0 Å². The van der Waals surface area contributed by atoms with Gasteiger partial charge in [-0.1, -0.05) is 0 Å². The molecule has 6 nitrogen and oxygen atoms in total. The van der Waals surface area contributed by atoms with Gasteiger partial charge in [-0.2, -0.15) is 4.31 Å². The predicted octanol–water partition coefficient (Wildman–Crippen LogP) is 0.453. The summed E-state index contributed by atoms with van der Waals surface area (Å²) in [5.41, 5.74) is 5.44. The Bertz CT molecular complexity index is 524. The second-order valence-electron chi connectivity index (χ2n) is 5.10. The van der Waals surface area contributed by atoms with Crippen LogP contribution in [0.3, 0.4) is 0 Å². The summed E-state index contributed by atoms with van der Waals surface area (Å²) < 4.78 is 31.9. The molecule has 108 valence electrons. The summed E-state index contributed by atoms with van der Waals surface area (Å²) in [5, 5.41) is -0.00129. The van der Waals surface area contributed by atoms with Crippen LogP contribution in [0.2, 0.25) is 0 Å². The van der Waals surface area contributed by atoms with Crippen molar-refractivity contribution in [2.75, 3.05) is 27.2 Å². The molecule has 1 saturated heterocycles. The third kappa shape index (κ3) is 3.00. The van der Waals surface area contributed by atoms with E-state index in [4.69, 9.17) is 10.2 Å². The van der Waals surface area contributed by atoms with Crippen molar-refractivity contribution in [3.63, 3.8) is 0 Å². The van der Waals surface area contributed by atoms with Crippen molar-refractivity contribution in [1.82, 2.24) is 9.21 Å². The van der Waals surface area contributed by atoms with Crippen LogP contribution in [0.15, 0.2) is 21.6 Å². The Morgan fingerprint density at radius 3 is 2.79 bits per heavy atom. The van der Waals surface area contributed by atoms with E-state index in [-0.39, 0.29) is 17.7 Å². The van der Waals surface area contributed by atoms with E-state index in [9.17, 15) is 8.42 Å². The first kappa shape index (κ1) is 14.5. The van der Waals surface area contributed by atoms with Gasteiger partial charge in [-0.15, -0.1) is 0 Å². The number of nitrogens with zero attached hydrogens (tertiary/aromatic N) is 2. The number of likely N-dealkylation sites (N-methyl/N-ethyl adjacent to an activating group) is 1. The Morgan fingerprint density at radius 1 is 1.47 bits per heavy atom. The molecule has 1 aromatic rings. The maximum Gasteiger partial charge on any atom is 0.276 e. The van der Waals surface area contributed by atoms with Crippen LogP contribution < -0.4 is 5.73 Å². The van der Waals surface area contributed by atoms with E-state index < -0.39 is 10.0 Å². The average Bonchev–Trinajstić information content (AvgIpc) is 2.95. The van der Waals surface area contributed by atoms with Gasteiger partial charge >= 0.3 is 0 Å². The average molecular weight is 287 g/mol. The highest BCUT2D eigenvalue weighted by atomic mass is 32.2. The van der Waals surface area contributed by atoms with Gasteiger partial charge in [-0.25, -0.2) is 8.42 Å². The summed E-state index contributed by atoms with van der Waals surface area (Å²) in [5.74, 6) is 0.488. The minimum atomic E-state index is -3.54. The van der Waals surface area contributed by atoms with Gasteiger partial charge in [0.05, 0.1) is 6.54 Å². The highest BCUT2D eigenvalue weighted by Crippen LogP contribution is 2.27. The first-order valence-electron chi connectivity index (χ1n) is 6.40. The molecule has 7 heteroatoms. The number of hydrogen-bond donors (Lipinski definition) is 1. The van der Waals surface area contributed by atoms with Gasteiger partial charge in [0.25, 0.3) is 10.0 Å².